The molecule has 0 heterocycles. The van der Waals surface area contributed by atoms with Crippen LogP contribution in [0.2, 0.25) is 0 Å². The Morgan fingerprint density at radius 1 is 0.317 bits per heavy atom. The first-order valence-corrected chi connectivity index (χ1v) is 23.8. The molecule has 6 heteroatoms. The molecule has 0 N–H and O–H groups in total. The number of esters is 3. The molecule has 0 aliphatic heterocycles. The van der Waals surface area contributed by atoms with E-state index < -0.39 is 6.10 Å². The Morgan fingerprint density at radius 3 is 0.905 bits per heavy atom. The van der Waals surface area contributed by atoms with Gasteiger partial charge in [0.25, 0.3) is 0 Å². The lowest BCUT2D eigenvalue weighted by Gasteiger charge is -2.18. The quantitative estimate of drug-likeness (QED) is 0.0265. The van der Waals surface area contributed by atoms with Gasteiger partial charge in [0.2, 0.25) is 0 Å². The van der Waals surface area contributed by atoms with E-state index >= 15 is 0 Å². The van der Waals surface area contributed by atoms with Crippen LogP contribution in [0.4, 0.5) is 0 Å². The van der Waals surface area contributed by atoms with Crippen LogP contribution < -0.4 is 0 Å². The van der Waals surface area contributed by atoms with Gasteiger partial charge >= 0.3 is 17.9 Å². The Bertz CT molecular complexity index is 1550. The van der Waals surface area contributed by atoms with Gasteiger partial charge in [-0.15, -0.1) is 0 Å². The van der Waals surface area contributed by atoms with Crippen molar-refractivity contribution in [1.29, 1.82) is 0 Å². The van der Waals surface area contributed by atoms with Crippen molar-refractivity contribution >= 4 is 17.9 Å². The van der Waals surface area contributed by atoms with Gasteiger partial charge in [-0.05, 0) is 77.0 Å². The first-order chi connectivity index (χ1) is 31.0. The lowest BCUT2D eigenvalue weighted by molar-refractivity contribution is -0.167. The molecule has 0 aromatic heterocycles. The molecule has 0 rings (SSSR count). The molecular formula is C57H82O6. The largest absolute Gasteiger partial charge is 0.462 e. The van der Waals surface area contributed by atoms with Crippen LogP contribution in [0.15, 0.2) is 170 Å². The second-order valence-electron chi connectivity index (χ2n) is 14.9. The second-order valence-corrected chi connectivity index (χ2v) is 14.9. The summed E-state index contributed by atoms with van der Waals surface area (Å²) >= 11 is 0. The van der Waals surface area contributed by atoms with Crippen LogP contribution in [0, 0.1) is 0 Å². The number of hydrogen-bond acceptors (Lipinski definition) is 6. The van der Waals surface area contributed by atoms with Gasteiger partial charge in [0, 0.05) is 19.3 Å². The van der Waals surface area contributed by atoms with Crippen LogP contribution in [0.1, 0.15) is 149 Å². The maximum atomic E-state index is 12.8. The van der Waals surface area contributed by atoms with E-state index in [1.54, 1.807) is 0 Å². The SMILES string of the molecule is CC/C=C/C=C/C=C/C=C/C=C/C=C/CCCCCC(=O)OCC(COC(=O)CCCCCCC/C=C/C=C/C=C/CC)OC(=O)CCCCC/C=C/C=C/C=C/C=C/C=C/CC. The van der Waals surface area contributed by atoms with Gasteiger partial charge in [-0.1, -0.05) is 223 Å². The van der Waals surface area contributed by atoms with Crippen LogP contribution in [0.3, 0.4) is 0 Å². The summed E-state index contributed by atoms with van der Waals surface area (Å²) in [6.07, 6.45) is 73.3. The van der Waals surface area contributed by atoms with E-state index in [2.05, 4.69) is 75.5 Å². The van der Waals surface area contributed by atoms with Gasteiger partial charge in [-0.25, -0.2) is 0 Å². The molecule has 0 aromatic rings. The van der Waals surface area contributed by atoms with E-state index in [9.17, 15) is 14.4 Å². The maximum Gasteiger partial charge on any atom is 0.306 e. The molecule has 0 aromatic carbocycles. The number of ether oxygens (including phenoxy) is 3. The highest BCUT2D eigenvalue weighted by molar-refractivity contribution is 5.71. The Morgan fingerprint density at radius 2 is 0.571 bits per heavy atom. The zero-order valence-corrected chi connectivity index (χ0v) is 39.2. The van der Waals surface area contributed by atoms with Gasteiger partial charge in [0.15, 0.2) is 6.10 Å². The summed E-state index contributed by atoms with van der Waals surface area (Å²) in [7, 11) is 0. The summed E-state index contributed by atoms with van der Waals surface area (Å²) in [6.45, 7) is 6.08. The topological polar surface area (TPSA) is 78.9 Å². The van der Waals surface area contributed by atoms with Crippen molar-refractivity contribution in [3.63, 3.8) is 0 Å². The lowest BCUT2D eigenvalue weighted by atomic mass is 10.1. The molecule has 1 unspecified atom stereocenters. The van der Waals surface area contributed by atoms with Gasteiger partial charge in [-0.2, -0.15) is 0 Å². The second kappa shape index (κ2) is 49.4. The van der Waals surface area contributed by atoms with E-state index in [1.807, 2.05) is 115 Å². The van der Waals surface area contributed by atoms with E-state index in [4.69, 9.17) is 14.2 Å². The van der Waals surface area contributed by atoms with E-state index in [0.29, 0.717) is 19.3 Å². The third-order valence-electron chi connectivity index (χ3n) is 9.05. The summed E-state index contributed by atoms with van der Waals surface area (Å²) < 4.78 is 16.7. The summed E-state index contributed by atoms with van der Waals surface area (Å²) in [5, 5.41) is 0. The monoisotopic (exact) mass is 863 g/mol. The van der Waals surface area contributed by atoms with Gasteiger partial charge in [-0.3, -0.25) is 14.4 Å². The first-order valence-electron chi connectivity index (χ1n) is 23.8. The van der Waals surface area contributed by atoms with E-state index in [-0.39, 0.29) is 44.0 Å². The standard InChI is InChI=1S/C57H82O6/c1-4-7-10-13-16-19-22-25-27-28-30-32-35-38-41-44-47-50-56(59)62-53-54(52-61-55(58)49-46-43-40-37-34-31-24-21-18-15-12-9-6-3)63-57(60)51-48-45-42-39-36-33-29-26-23-20-17-14-11-8-5-2/h7-30,32-33,35-36,54H,4-6,31,34,37-53H2,1-3H3/b10-7+,11-8+,12-9+,16-13+,17-14+,18-15+,22-19+,23-20+,24-21+,27-25+,29-26+,30-28+,35-32+,36-33+. The molecule has 0 aliphatic carbocycles. The zero-order valence-electron chi connectivity index (χ0n) is 39.2. The smallest absolute Gasteiger partial charge is 0.306 e. The minimum absolute atomic E-state index is 0.131. The molecule has 0 bridgehead atoms. The lowest BCUT2D eigenvalue weighted by Crippen LogP contribution is -2.30. The third-order valence-corrected chi connectivity index (χ3v) is 9.05. The van der Waals surface area contributed by atoms with Gasteiger partial charge in [0.05, 0.1) is 0 Å². The molecular weight excluding hydrogens is 781 g/mol. The van der Waals surface area contributed by atoms with Gasteiger partial charge in [0.1, 0.15) is 13.2 Å². The fourth-order valence-electron chi connectivity index (χ4n) is 5.55. The van der Waals surface area contributed by atoms with Crippen molar-refractivity contribution in [3.8, 4) is 0 Å². The van der Waals surface area contributed by atoms with Crippen molar-refractivity contribution in [3.05, 3.63) is 170 Å². The maximum absolute atomic E-state index is 12.8. The Balaban J connectivity index is 4.65. The fourth-order valence-corrected chi connectivity index (χ4v) is 5.55. The third kappa shape index (κ3) is 47.7. The normalized spacial score (nSPS) is 13.6. The van der Waals surface area contributed by atoms with Crippen molar-refractivity contribution in [2.75, 3.05) is 13.2 Å². The Hall–Kier alpha value is -5.23. The average molecular weight is 863 g/mol. The number of carbonyl (C=O) groups is 3. The summed E-state index contributed by atoms with van der Waals surface area (Å²) in [5.41, 5.74) is 0. The molecule has 0 saturated heterocycles. The molecule has 0 spiro atoms. The van der Waals surface area contributed by atoms with Gasteiger partial charge < -0.3 is 14.2 Å². The highest BCUT2D eigenvalue weighted by atomic mass is 16.6. The molecule has 0 amide bonds. The molecule has 0 aliphatic rings. The van der Waals surface area contributed by atoms with Crippen molar-refractivity contribution < 1.29 is 28.6 Å². The Labute approximate surface area is 383 Å². The molecule has 0 saturated carbocycles. The Kier molecular flexibility index (Phi) is 45.3. The predicted molar refractivity (Wildman–Crippen MR) is 269 cm³/mol. The van der Waals surface area contributed by atoms with Crippen molar-refractivity contribution in [2.45, 2.75) is 155 Å². The molecule has 63 heavy (non-hydrogen) atoms. The number of hydrogen-bond donors (Lipinski definition) is 0. The van der Waals surface area contributed by atoms with Crippen LogP contribution >= 0.6 is 0 Å². The summed E-state index contributed by atoms with van der Waals surface area (Å²) in [4.78, 5) is 37.9. The van der Waals surface area contributed by atoms with Crippen LogP contribution in [-0.2, 0) is 28.6 Å². The highest BCUT2D eigenvalue weighted by Gasteiger charge is 2.19. The average Bonchev–Trinajstić information content (AvgIpc) is 3.28. The zero-order chi connectivity index (χ0) is 45.8. The minimum atomic E-state index is -0.836. The summed E-state index contributed by atoms with van der Waals surface area (Å²) in [6, 6.07) is 0. The number of unbranched alkanes of at least 4 members (excludes halogenated alkanes) is 11. The van der Waals surface area contributed by atoms with Crippen LogP contribution in [0.25, 0.3) is 0 Å². The van der Waals surface area contributed by atoms with E-state index in [1.165, 1.54) is 0 Å². The molecule has 346 valence electrons. The van der Waals surface area contributed by atoms with Crippen molar-refractivity contribution in [1.82, 2.24) is 0 Å². The van der Waals surface area contributed by atoms with E-state index in [0.717, 1.165) is 96.3 Å². The fraction of sp³-hybridized carbons (Fsp3) is 0.456. The number of allylic oxidation sites excluding steroid dienone is 28. The molecule has 0 fully saturated rings. The number of rotatable bonds is 39. The van der Waals surface area contributed by atoms with Crippen molar-refractivity contribution in [2.24, 2.45) is 0 Å². The minimum Gasteiger partial charge on any atom is -0.462 e. The summed E-state index contributed by atoms with van der Waals surface area (Å²) in [5.74, 6) is -1.06. The van der Waals surface area contributed by atoms with Crippen LogP contribution in [0.5, 0.6) is 0 Å². The highest BCUT2D eigenvalue weighted by Crippen LogP contribution is 2.11. The molecule has 1 atom stereocenters. The molecule has 0 radical (unpaired) electrons. The first kappa shape index (κ1) is 57.8. The molecule has 6 nitrogen and oxygen atoms in total. The predicted octanol–water partition coefficient (Wildman–Crippen LogP) is 15.6. The van der Waals surface area contributed by atoms with Crippen LogP contribution in [-0.4, -0.2) is 37.2 Å². The number of carbonyl (C=O) groups excluding carboxylic acids is 3.